The maximum atomic E-state index is 12.9. The summed E-state index contributed by atoms with van der Waals surface area (Å²) in [7, 11) is 1.62. The molecule has 0 aliphatic carbocycles. The highest BCUT2D eigenvalue weighted by atomic mass is 32.1. The van der Waals surface area contributed by atoms with Crippen LogP contribution < -0.4 is 10.1 Å². The molecule has 1 aromatic carbocycles. The summed E-state index contributed by atoms with van der Waals surface area (Å²) in [5.74, 6) is 0.420. The molecule has 6 heteroatoms. The predicted octanol–water partition coefficient (Wildman–Crippen LogP) is 3.39. The first-order chi connectivity index (χ1) is 10.2. The van der Waals surface area contributed by atoms with Gasteiger partial charge in [0.05, 0.1) is 7.11 Å². The van der Waals surface area contributed by atoms with Crippen LogP contribution in [0.3, 0.4) is 0 Å². The largest absolute Gasteiger partial charge is 0.480 e. The molecule has 0 bridgehead atoms. The number of halogens is 1. The van der Waals surface area contributed by atoms with E-state index >= 15 is 0 Å². The summed E-state index contributed by atoms with van der Waals surface area (Å²) in [6.07, 6.45) is 1.98. The average molecular weight is 305 g/mol. The van der Waals surface area contributed by atoms with Crippen molar-refractivity contribution in [1.82, 2.24) is 14.7 Å². The summed E-state index contributed by atoms with van der Waals surface area (Å²) in [6, 6.07) is 6.65. The van der Waals surface area contributed by atoms with E-state index < -0.39 is 0 Å². The zero-order valence-electron chi connectivity index (χ0n) is 11.8. The number of ether oxygens (including phenoxy) is 1. The second-order valence-corrected chi connectivity index (χ2v) is 5.65. The quantitative estimate of drug-likeness (QED) is 0.785. The van der Waals surface area contributed by atoms with Crippen molar-refractivity contribution in [3.63, 3.8) is 0 Å². The van der Waals surface area contributed by atoms with Crippen LogP contribution in [0.2, 0.25) is 0 Å². The molecule has 1 atom stereocenters. The Morgan fingerprint density at radius 3 is 2.86 bits per heavy atom. The average Bonchev–Trinajstić information content (AvgIpc) is 3.06. The van der Waals surface area contributed by atoms with Crippen LogP contribution in [0.5, 0.6) is 5.88 Å². The maximum absolute atomic E-state index is 12.9. The molecule has 0 saturated heterocycles. The minimum absolute atomic E-state index is 0.111. The topological polar surface area (TPSA) is 38.6 Å². The molecule has 3 aromatic rings. The second kappa shape index (κ2) is 5.83. The zero-order valence-corrected chi connectivity index (χ0v) is 12.7. The molecule has 0 amide bonds. The Labute approximate surface area is 126 Å². The molecule has 0 radical (unpaired) electrons. The van der Waals surface area contributed by atoms with E-state index in [0.717, 1.165) is 16.2 Å². The Bertz CT molecular complexity index is 735. The smallest absolute Gasteiger partial charge is 0.237 e. The van der Waals surface area contributed by atoms with Crippen molar-refractivity contribution in [2.75, 3.05) is 7.11 Å². The van der Waals surface area contributed by atoms with Gasteiger partial charge in [-0.2, -0.15) is 4.98 Å². The molecule has 110 valence electrons. The van der Waals surface area contributed by atoms with Gasteiger partial charge in [0.1, 0.15) is 11.5 Å². The highest BCUT2D eigenvalue weighted by molar-refractivity contribution is 7.15. The molecule has 0 fully saturated rings. The van der Waals surface area contributed by atoms with Crippen LogP contribution in [0, 0.1) is 5.82 Å². The first kappa shape index (κ1) is 14.0. The van der Waals surface area contributed by atoms with Gasteiger partial charge in [0.2, 0.25) is 5.88 Å². The SMILES string of the molecule is COc1nc2sccn2c1CN[C@@H](C)c1ccc(F)cc1. The Balaban J connectivity index is 1.76. The first-order valence-corrected chi connectivity index (χ1v) is 7.54. The van der Waals surface area contributed by atoms with Gasteiger partial charge in [-0.15, -0.1) is 11.3 Å². The number of thiazole rings is 1. The number of benzene rings is 1. The molecule has 2 aromatic heterocycles. The molecular weight excluding hydrogens is 289 g/mol. The number of nitrogens with one attached hydrogen (secondary N) is 1. The van der Waals surface area contributed by atoms with Gasteiger partial charge >= 0.3 is 0 Å². The number of hydrogen-bond donors (Lipinski definition) is 1. The van der Waals surface area contributed by atoms with Gasteiger partial charge in [0.25, 0.3) is 0 Å². The predicted molar refractivity (Wildman–Crippen MR) is 81.3 cm³/mol. The van der Waals surface area contributed by atoms with E-state index in [1.54, 1.807) is 30.6 Å². The van der Waals surface area contributed by atoms with Crippen molar-refractivity contribution in [3.8, 4) is 5.88 Å². The lowest BCUT2D eigenvalue weighted by Crippen LogP contribution is -2.19. The van der Waals surface area contributed by atoms with Crippen LogP contribution in [-0.4, -0.2) is 16.5 Å². The summed E-state index contributed by atoms with van der Waals surface area (Å²) < 4.78 is 20.3. The van der Waals surface area contributed by atoms with Gasteiger partial charge in [-0.05, 0) is 24.6 Å². The van der Waals surface area contributed by atoms with Crippen molar-refractivity contribution in [2.45, 2.75) is 19.5 Å². The Morgan fingerprint density at radius 2 is 2.14 bits per heavy atom. The Morgan fingerprint density at radius 1 is 1.38 bits per heavy atom. The third-order valence-electron chi connectivity index (χ3n) is 3.46. The number of methoxy groups -OCH3 is 1. The van der Waals surface area contributed by atoms with E-state index in [1.807, 2.05) is 22.9 Å². The van der Waals surface area contributed by atoms with Crippen molar-refractivity contribution >= 4 is 16.3 Å². The third-order valence-corrected chi connectivity index (χ3v) is 4.22. The summed E-state index contributed by atoms with van der Waals surface area (Å²) in [5.41, 5.74) is 2.03. The van der Waals surface area contributed by atoms with Crippen LogP contribution in [-0.2, 0) is 6.54 Å². The molecule has 0 unspecified atom stereocenters. The number of rotatable bonds is 5. The zero-order chi connectivity index (χ0) is 14.8. The fourth-order valence-electron chi connectivity index (χ4n) is 2.26. The van der Waals surface area contributed by atoms with Gasteiger partial charge in [-0.25, -0.2) is 4.39 Å². The van der Waals surface area contributed by atoms with Gasteiger partial charge in [0, 0.05) is 24.2 Å². The standard InChI is InChI=1S/C15H16FN3OS/c1-10(11-3-5-12(16)6-4-11)17-9-13-14(20-2)18-15-19(13)7-8-21-15/h3-8,10,17H,9H2,1-2H3/t10-/m0/s1. The molecule has 1 N–H and O–H groups in total. The Hall–Kier alpha value is -1.92. The molecule has 21 heavy (non-hydrogen) atoms. The number of fused-ring (bicyclic) bond motifs is 1. The molecular formula is C15H16FN3OS. The number of nitrogens with zero attached hydrogens (tertiary/aromatic N) is 2. The van der Waals surface area contributed by atoms with Gasteiger partial charge in [-0.1, -0.05) is 12.1 Å². The summed E-state index contributed by atoms with van der Waals surface area (Å²) >= 11 is 1.57. The van der Waals surface area contributed by atoms with Crippen molar-refractivity contribution in [1.29, 1.82) is 0 Å². The van der Waals surface area contributed by atoms with Crippen LogP contribution in [0.25, 0.3) is 4.96 Å². The van der Waals surface area contributed by atoms with E-state index in [-0.39, 0.29) is 11.9 Å². The van der Waals surface area contributed by atoms with Gasteiger partial charge in [0.15, 0.2) is 4.96 Å². The maximum Gasteiger partial charge on any atom is 0.237 e. The highest BCUT2D eigenvalue weighted by Gasteiger charge is 2.14. The minimum atomic E-state index is -0.219. The van der Waals surface area contributed by atoms with Crippen LogP contribution in [0.1, 0.15) is 24.2 Å². The van der Waals surface area contributed by atoms with Gasteiger partial charge in [-0.3, -0.25) is 4.40 Å². The second-order valence-electron chi connectivity index (χ2n) is 4.78. The lowest BCUT2D eigenvalue weighted by molar-refractivity contribution is 0.391. The van der Waals surface area contributed by atoms with E-state index in [2.05, 4.69) is 10.3 Å². The molecule has 0 spiro atoms. The summed E-state index contributed by atoms with van der Waals surface area (Å²) in [4.78, 5) is 5.34. The minimum Gasteiger partial charge on any atom is -0.480 e. The van der Waals surface area contributed by atoms with E-state index in [9.17, 15) is 4.39 Å². The van der Waals surface area contributed by atoms with Crippen LogP contribution >= 0.6 is 11.3 Å². The van der Waals surface area contributed by atoms with Crippen molar-refractivity contribution in [2.24, 2.45) is 0 Å². The lowest BCUT2D eigenvalue weighted by Gasteiger charge is -2.14. The van der Waals surface area contributed by atoms with Crippen LogP contribution in [0.15, 0.2) is 35.8 Å². The molecule has 2 heterocycles. The normalized spacial score (nSPS) is 12.7. The van der Waals surface area contributed by atoms with Crippen LogP contribution in [0.4, 0.5) is 4.39 Å². The fraction of sp³-hybridized carbons (Fsp3) is 0.267. The number of imidazole rings is 1. The number of aromatic nitrogens is 2. The Kier molecular flexibility index (Phi) is 3.90. The monoisotopic (exact) mass is 305 g/mol. The molecule has 3 rings (SSSR count). The number of hydrogen-bond acceptors (Lipinski definition) is 4. The van der Waals surface area contributed by atoms with Crippen molar-refractivity contribution in [3.05, 3.63) is 52.9 Å². The van der Waals surface area contributed by atoms with E-state index in [0.29, 0.717) is 12.4 Å². The lowest BCUT2D eigenvalue weighted by atomic mass is 10.1. The highest BCUT2D eigenvalue weighted by Crippen LogP contribution is 2.24. The summed E-state index contributed by atoms with van der Waals surface area (Å²) in [6.45, 7) is 2.67. The molecule has 0 saturated carbocycles. The molecule has 0 aliphatic heterocycles. The third kappa shape index (κ3) is 2.77. The van der Waals surface area contributed by atoms with Crippen molar-refractivity contribution < 1.29 is 9.13 Å². The molecule has 0 aliphatic rings. The van der Waals surface area contributed by atoms with Gasteiger partial charge < -0.3 is 10.1 Å². The molecule has 4 nitrogen and oxygen atoms in total. The fourth-order valence-corrected chi connectivity index (χ4v) is 2.98. The van der Waals surface area contributed by atoms with E-state index in [4.69, 9.17) is 4.74 Å². The first-order valence-electron chi connectivity index (χ1n) is 6.66. The van der Waals surface area contributed by atoms with E-state index in [1.165, 1.54) is 12.1 Å². The summed E-state index contributed by atoms with van der Waals surface area (Å²) in [5, 5.41) is 5.41.